The van der Waals surface area contributed by atoms with Crippen LogP contribution in [0.25, 0.3) is 10.2 Å². The molecule has 6 heteroatoms. The molecule has 3 rings (SSSR count). The molecule has 1 amide bonds. The van der Waals surface area contributed by atoms with Crippen molar-refractivity contribution in [2.45, 2.75) is 24.1 Å². The van der Waals surface area contributed by atoms with Crippen molar-refractivity contribution in [2.24, 2.45) is 5.92 Å². The van der Waals surface area contributed by atoms with Crippen LogP contribution >= 0.6 is 34.7 Å². The molecule has 1 aliphatic rings. The molecule has 3 nitrogen and oxygen atoms in total. The maximum Gasteiger partial charge on any atom is 0.233 e. The zero-order valence-electron chi connectivity index (χ0n) is 11.8. The second-order valence-corrected chi connectivity index (χ2v) is 8.16. The molecule has 2 heterocycles. The average molecular weight is 341 g/mol. The summed E-state index contributed by atoms with van der Waals surface area (Å²) in [5, 5.41) is 0.697. The van der Waals surface area contributed by atoms with Gasteiger partial charge >= 0.3 is 0 Å². The van der Waals surface area contributed by atoms with Crippen LogP contribution in [0.15, 0.2) is 22.5 Å². The van der Waals surface area contributed by atoms with Crippen molar-refractivity contribution in [1.29, 1.82) is 0 Å². The molecule has 1 aliphatic heterocycles. The van der Waals surface area contributed by atoms with Gasteiger partial charge in [0.1, 0.15) is 0 Å². The molecule has 0 saturated carbocycles. The van der Waals surface area contributed by atoms with Gasteiger partial charge < -0.3 is 4.90 Å². The second kappa shape index (κ2) is 6.55. The van der Waals surface area contributed by atoms with Crippen molar-refractivity contribution in [3.05, 3.63) is 23.2 Å². The number of benzene rings is 1. The monoisotopic (exact) mass is 340 g/mol. The Kier molecular flexibility index (Phi) is 4.72. The first kappa shape index (κ1) is 15.1. The topological polar surface area (TPSA) is 33.2 Å². The van der Waals surface area contributed by atoms with Crippen molar-refractivity contribution in [3.63, 3.8) is 0 Å². The number of halogens is 1. The van der Waals surface area contributed by atoms with Gasteiger partial charge in [-0.3, -0.25) is 4.79 Å². The highest BCUT2D eigenvalue weighted by molar-refractivity contribution is 8.01. The van der Waals surface area contributed by atoms with E-state index in [2.05, 4.69) is 11.9 Å². The van der Waals surface area contributed by atoms with Crippen LogP contribution in [0.3, 0.4) is 0 Å². The second-order valence-electron chi connectivity index (χ2n) is 5.47. The summed E-state index contributed by atoms with van der Waals surface area (Å²) in [5.41, 5.74) is 0.911. The smallest absolute Gasteiger partial charge is 0.233 e. The van der Waals surface area contributed by atoms with Crippen LogP contribution < -0.4 is 0 Å². The number of carbonyl (C=O) groups is 1. The van der Waals surface area contributed by atoms with Crippen molar-refractivity contribution in [1.82, 2.24) is 9.88 Å². The number of rotatable bonds is 3. The van der Waals surface area contributed by atoms with Gasteiger partial charge in [0.05, 0.1) is 16.0 Å². The van der Waals surface area contributed by atoms with E-state index in [1.54, 1.807) is 11.3 Å². The molecule has 2 aromatic rings. The number of likely N-dealkylation sites (tertiary alicyclic amines) is 1. The van der Waals surface area contributed by atoms with E-state index in [4.69, 9.17) is 11.6 Å². The number of nitrogens with zero attached hydrogens (tertiary/aromatic N) is 2. The Labute approximate surface area is 137 Å². The zero-order chi connectivity index (χ0) is 14.8. The van der Waals surface area contributed by atoms with Crippen LogP contribution in [0.4, 0.5) is 0 Å². The molecule has 1 aromatic heterocycles. The number of fused-ring (bicyclic) bond motifs is 1. The predicted molar refractivity (Wildman–Crippen MR) is 90.3 cm³/mol. The molecule has 1 fully saturated rings. The summed E-state index contributed by atoms with van der Waals surface area (Å²) >= 11 is 9.11. The van der Waals surface area contributed by atoms with Gasteiger partial charge in [-0.2, -0.15) is 0 Å². The maximum atomic E-state index is 12.2. The number of amides is 1. The Bertz CT molecular complexity index is 658. The van der Waals surface area contributed by atoms with E-state index >= 15 is 0 Å². The largest absolute Gasteiger partial charge is 0.342 e. The van der Waals surface area contributed by atoms with Gasteiger partial charge in [-0.05, 0) is 37.0 Å². The summed E-state index contributed by atoms with van der Waals surface area (Å²) in [6.45, 7) is 4.01. The first-order chi connectivity index (χ1) is 10.1. The quantitative estimate of drug-likeness (QED) is 0.781. The molecule has 0 spiro atoms. The van der Waals surface area contributed by atoms with E-state index in [0.717, 1.165) is 34.1 Å². The number of carbonyl (C=O) groups excluding carboxylic acids is 1. The molecule has 0 radical (unpaired) electrons. The number of aromatic nitrogens is 1. The van der Waals surface area contributed by atoms with E-state index in [1.165, 1.54) is 18.2 Å². The van der Waals surface area contributed by atoms with E-state index < -0.39 is 0 Å². The molecule has 1 atom stereocenters. The van der Waals surface area contributed by atoms with E-state index in [9.17, 15) is 4.79 Å². The van der Waals surface area contributed by atoms with Crippen molar-refractivity contribution >= 4 is 50.8 Å². The summed E-state index contributed by atoms with van der Waals surface area (Å²) in [6.07, 6.45) is 2.35. The third-order valence-electron chi connectivity index (χ3n) is 3.66. The number of thioether (sulfide) groups is 1. The normalized spacial score (nSPS) is 19.1. The lowest BCUT2D eigenvalue weighted by Crippen LogP contribution is -2.40. The summed E-state index contributed by atoms with van der Waals surface area (Å²) in [5.74, 6) is 1.32. The van der Waals surface area contributed by atoms with Gasteiger partial charge in [-0.1, -0.05) is 30.3 Å². The molecular formula is C15H17ClN2OS2. The van der Waals surface area contributed by atoms with E-state index in [0.29, 0.717) is 16.7 Å². The molecule has 1 saturated heterocycles. The van der Waals surface area contributed by atoms with Gasteiger partial charge in [-0.25, -0.2) is 4.98 Å². The van der Waals surface area contributed by atoms with Gasteiger partial charge in [-0.15, -0.1) is 11.3 Å². The van der Waals surface area contributed by atoms with Crippen molar-refractivity contribution < 1.29 is 4.79 Å². The highest BCUT2D eigenvalue weighted by Crippen LogP contribution is 2.31. The Morgan fingerprint density at radius 2 is 2.43 bits per heavy atom. The number of hydrogen-bond donors (Lipinski definition) is 0. The molecular weight excluding hydrogens is 324 g/mol. The predicted octanol–water partition coefficient (Wildman–Crippen LogP) is 4.30. The van der Waals surface area contributed by atoms with Crippen LogP contribution in [-0.2, 0) is 4.79 Å². The third kappa shape index (κ3) is 3.71. The fourth-order valence-corrected chi connectivity index (χ4v) is 4.69. The Hall–Kier alpha value is -0.780. The lowest BCUT2D eigenvalue weighted by Gasteiger charge is -2.30. The van der Waals surface area contributed by atoms with E-state index in [-0.39, 0.29) is 5.91 Å². The fraction of sp³-hybridized carbons (Fsp3) is 0.467. The minimum absolute atomic E-state index is 0.226. The fourth-order valence-electron chi connectivity index (χ4n) is 2.57. The number of piperidine rings is 1. The van der Waals surface area contributed by atoms with E-state index in [1.807, 2.05) is 23.1 Å². The lowest BCUT2D eigenvalue weighted by molar-refractivity contribution is -0.130. The number of thiazole rings is 1. The maximum absolute atomic E-state index is 12.2. The SMILES string of the molecule is C[C@H]1CCCN(C(=O)CSc2nc3cc(Cl)ccc3s2)C1. The van der Waals surface area contributed by atoms with Crippen LogP contribution in [0.2, 0.25) is 5.02 Å². The average Bonchev–Trinajstić information content (AvgIpc) is 2.86. The van der Waals surface area contributed by atoms with Crippen LogP contribution in [0, 0.1) is 5.92 Å². The third-order valence-corrected chi connectivity index (χ3v) is 6.06. The Morgan fingerprint density at radius 3 is 3.24 bits per heavy atom. The first-order valence-corrected chi connectivity index (χ1v) is 9.26. The first-order valence-electron chi connectivity index (χ1n) is 7.08. The minimum atomic E-state index is 0.226. The highest BCUT2D eigenvalue weighted by atomic mass is 35.5. The zero-order valence-corrected chi connectivity index (χ0v) is 14.2. The minimum Gasteiger partial charge on any atom is -0.342 e. The summed E-state index contributed by atoms with van der Waals surface area (Å²) in [7, 11) is 0. The molecule has 0 bridgehead atoms. The van der Waals surface area contributed by atoms with Crippen LogP contribution in [-0.4, -0.2) is 34.6 Å². The summed E-state index contributed by atoms with van der Waals surface area (Å²) in [6, 6.07) is 5.72. The molecule has 0 unspecified atom stereocenters. The van der Waals surface area contributed by atoms with Gasteiger partial charge in [0.25, 0.3) is 0 Å². The number of hydrogen-bond acceptors (Lipinski definition) is 4. The van der Waals surface area contributed by atoms with Crippen molar-refractivity contribution in [2.75, 3.05) is 18.8 Å². The van der Waals surface area contributed by atoms with Crippen LogP contribution in [0.1, 0.15) is 19.8 Å². The Morgan fingerprint density at radius 1 is 1.57 bits per heavy atom. The van der Waals surface area contributed by atoms with Crippen LogP contribution in [0.5, 0.6) is 0 Å². The summed E-state index contributed by atoms with van der Waals surface area (Å²) < 4.78 is 2.05. The molecule has 1 aromatic carbocycles. The summed E-state index contributed by atoms with van der Waals surface area (Å²) in [4.78, 5) is 18.8. The molecule has 112 valence electrons. The molecule has 0 N–H and O–H groups in total. The lowest BCUT2D eigenvalue weighted by atomic mass is 10.0. The molecule has 0 aliphatic carbocycles. The van der Waals surface area contributed by atoms with Gasteiger partial charge in [0.15, 0.2) is 4.34 Å². The van der Waals surface area contributed by atoms with Gasteiger partial charge in [0, 0.05) is 18.1 Å². The van der Waals surface area contributed by atoms with Gasteiger partial charge in [0.2, 0.25) is 5.91 Å². The molecule has 21 heavy (non-hydrogen) atoms. The van der Waals surface area contributed by atoms with Crippen molar-refractivity contribution in [3.8, 4) is 0 Å². The highest BCUT2D eigenvalue weighted by Gasteiger charge is 2.21. The standard InChI is InChI=1S/C15H17ClN2OS2/c1-10-3-2-6-18(8-10)14(19)9-20-15-17-12-7-11(16)4-5-13(12)21-15/h4-5,7,10H,2-3,6,8-9H2,1H3/t10-/m0/s1. The Balaban J connectivity index is 1.61.